The van der Waals surface area contributed by atoms with Crippen LogP contribution in [0.4, 0.5) is 4.39 Å². The Labute approximate surface area is 148 Å². The van der Waals surface area contributed by atoms with Gasteiger partial charge in [0.2, 0.25) is 0 Å². The highest BCUT2D eigenvalue weighted by molar-refractivity contribution is 5.35. The van der Waals surface area contributed by atoms with Crippen molar-refractivity contribution in [3.63, 3.8) is 0 Å². The monoisotopic (exact) mass is 348 g/mol. The molecule has 0 bridgehead atoms. The summed E-state index contributed by atoms with van der Waals surface area (Å²) in [4.78, 5) is 0. The number of halogens is 1. The third kappa shape index (κ3) is 6.12. The van der Waals surface area contributed by atoms with Crippen molar-refractivity contribution in [2.24, 2.45) is 5.92 Å². The molecule has 1 N–H and O–H groups in total. The first-order chi connectivity index (χ1) is 12.1. The largest absolute Gasteiger partial charge is 0.496 e. The second-order valence-corrected chi connectivity index (χ2v) is 6.00. The van der Waals surface area contributed by atoms with Crippen LogP contribution in [0, 0.1) is 11.7 Å². The first kappa shape index (κ1) is 19.4. The molecule has 2 rings (SSSR count). The average Bonchev–Trinajstić information content (AvgIpc) is 2.63. The zero-order valence-electron chi connectivity index (χ0n) is 14.7. The minimum absolute atomic E-state index is 0.136. The lowest BCUT2D eigenvalue weighted by Crippen LogP contribution is -2.18. The number of aliphatic hydroxyl groups excluding tert-OH is 1. The van der Waals surface area contributed by atoms with E-state index in [1.54, 1.807) is 0 Å². The number of ether oxygens (including phenoxy) is 3. The Hall–Kier alpha value is -1.95. The Morgan fingerprint density at radius 2 is 1.84 bits per heavy atom. The van der Waals surface area contributed by atoms with Crippen LogP contribution in [0.2, 0.25) is 0 Å². The van der Waals surface area contributed by atoms with E-state index in [1.165, 1.54) is 25.3 Å². The second-order valence-electron chi connectivity index (χ2n) is 6.00. The molecule has 25 heavy (non-hydrogen) atoms. The van der Waals surface area contributed by atoms with E-state index >= 15 is 0 Å². The molecule has 0 saturated heterocycles. The van der Waals surface area contributed by atoms with Gasteiger partial charge in [-0.1, -0.05) is 37.3 Å². The molecule has 2 unspecified atom stereocenters. The maximum Gasteiger partial charge on any atom is 0.124 e. The molecule has 0 radical (unpaired) electrons. The maximum absolute atomic E-state index is 13.5. The van der Waals surface area contributed by atoms with Crippen LogP contribution in [-0.2, 0) is 16.1 Å². The first-order valence-electron chi connectivity index (χ1n) is 8.31. The lowest BCUT2D eigenvalue weighted by atomic mass is 10.1. The Balaban J connectivity index is 1.82. The van der Waals surface area contributed by atoms with Gasteiger partial charge in [0.25, 0.3) is 0 Å². The van der Waals surface area contributed by atoms with E-state index < -0.39 is 11.9 Å². The molecule has 0 saturated carbocycles. The molecule has 2 aromatic rings. The Morgan fingerprint density at radius 3 is 2.52 bits per heavy atom. The minimum atomic E-state index is -0.637. The number of methoxy groups -OCH3 is 1. The molecule has 0 aromatic heterocycles. The van der Waals surface area contributed by atoms with Crippen LogP contribution in [0.3, 0.4) is 0 Å². The van der Waals surface area contributed by atoms with Crippen LogP contribution in [0.25, 0.3) is 0 Å². The van der Waals surface area contributed by atoms with Gasteiger partial charge in [0.15, 0.2) is 0 Å². The molecule has 0 aliphatic heterocycles. The predicted octanol–water partition coefficient (Wildman–Crippen LogP) is 3.74. The van der Waals surface area contributed by atoms with Crippen molar-refractivity contribution in [1.29, 1.82) is 0 Å². The van der Waals surface area contributed by atoms with Crippen molar-refractivity contribution in [3.8, 4) is 5.75 Å². The normalized spacial score (nSPS) is 13.4. The van der Waals surface area contributed by atoms with Crippen molar-refractivity contribution >= 4 is 0 Å². The van der Waals surface area contributed by atoms with Gasteiger partial charge < -0.3 is 19.3 Å². The third-order valence-corrected chi connectivity index (χ3v) is 3.80. The van der Waals surface area contributed by atoms with Crippen LogP contribution in [0.15, 0.2) is 48.5 Å². The Bertz CT molecular complexity index is 633. The summed E-state index contributed by atoms with van der Waals surface area (Å²) in [6.07, 6.45) is -0.637. The van der Waals surface area contributed by atoms with E-state index in [0.717, 1.165) is 5.56 Å². The molecule has 0 aliphatic rings. The molecule has 0 amide bonds. The summed E-state index contributed by atoms with van der Waals surface area (Å²) in [6.45, 7) is 3.22. The Kier molecular flexibility index (Phi) is 7.85. The van der Waals surface area contributed by atoms with Crippen molar-refractivity contribution in [3.05, 3.63) is 65.5 Å². The smallest absolute Gasteiger partial charge is 0.124 e. The van der Waals surface area contributed by atoms with Gasteiger partial charge in [0, 0.05) is 11.5 Å². The molecule has 5 heteroatoms. The van der Waals surface area contributed by atoms with Crippen LogP contribution >= 0.6 is 0 Å². The molecule has 0 aliphatic carbocycles. The fourth-order valence-electron chi connectivity index (χ4n) is 2.48. The van der Waals surface area contributed by atoms with E-state index in [2.05, 4.69) is 0 Å². The quantitative estimate of drug-likeness (QED) is 0.711. The SMILES string of the molecule is COc1ccc(F)cc1C(CO)OCC(C)COCc1ccccc1. The van der Waals surface area contributed by atoms with Gasteiger partial charge >= 0.3 is 0 Å². The number of aliphatic hydroxyl groups is 1. The summed E-state index contributed by atoms with van der Waals surface area (Å²) in [5.74, 6) is 0.239. The van der Waals surface area contributed by atoms with E-state index in [4.69, 9.17) is 14.2 Å². The molecule has 0 spiro atoms. The lowest BCUT2D eigenvalue weighted by molar-refractivity contribution is -0.0236. The van der Waals surface area contributed by atoms with Crippen molar-refractivity contribution in [1.82, 2.24) is 0 Å². The first-order valence-corrected chi connectivity index (χ1v) is 8.31. The zero-order valence-corrected chi connectivity index (χ0v) is 14.7. The molecular weight excluding hydrogens is 323 g/mol. The van der Waals surface area contributed by atoms with Crippen LogP contribution < -0.4 is 4.74 Å². The van der Waals surface area contributed by atoms with Crippen LogP contribution in [0.1, 0.15) is 24.2 Å². The van der Waals surface area contributed by atoms with Gasteiger partial charge in [-0.2, -0.15) is 0 Å². The van der Waals surface area contributed by atoms with E-state index in [9.17, 15) is 9.50 Å². The fraction of sp³-hybridized carbons (Fsp3) is 0.400. The number of rotatable bonds is 10. The molecule has 0 fully saturated rings. The van der Waals surface area contributed by atoms with Crippen LogP contribution in [-0.4, -0.2) is 32.0 Å². The summed E-state index contributed by atoms with van der Waals surface area (Å²) in [7, 11) is 1.51. The van der Waals surface area contributed by atoms with Crippen LogP contribution in [0.5, 0.6) is 5.75 Å². The summed E-state index contributed by atoms with van der Waals surface area (Å²) in [6, 6.07) is 14.1. The second kappa shape index (κ2) is 10.1. The van der Waals surface area contributed by atoms with Crippen molar-refractivity contribution in [2.75, 3.05) is 26.9 Å². The fourth-order valence-corrected chi connectivity index (χ4v) is 2.48. The van der Waals surface area contributed by atoms with Gasteiger partial charge in [0.05, 0.1) is 33.5 Å². The molecule has 0 heterocycles. The van der Waals surface area contributed by atoms with Crippen molar-refractivity contribution in [2.45, 2.75) is 19.6 Å². The van der Waals surface area contributed by atoms with Crippen molar-refractivity contribution < 1.29 is 23.7 Å². The van der Waals surface area contributed by atoms with Gasteiger partial charge in [-0.15, -0.1) is 0 Å². The summed E-state index contributed by atoms with van der Waals surface area (Å²) < 4.78 is 30.2. The predicted molar refractivity (Wildman–Crippen MR) is 94.0 cm³/mol. The molecular formula is C20H25FO4. The molecule has 4 nitrogen and oxygen atoms in total. The number of benzene rings is 2. The molecule has 2 aromatic carbocycles. The summed E-state index contributed by atoms with van der Waals surface area (Å²) in [5, 5.41) is 9.59. The van der Waals surface area contributed by atoms with Gasteiger partial charge in [-0.25, -0.2) is 4.39 Å². The van der Waals surface area contributed by atoms with E-state index in [1.807, 2.05) is 37.3 Å². The summed E-state index contributed by atoms with van der Waals surface area (Å²) >= 11 is 0. The number of hydrogen-bond donors (Lipinski definition) is 1. The van der Waals surface area contributed by atoms with Gasteiger partial charge in [0.1, 0.15) is 17.7 Å². The molecule has 2 atom stereocenters. The highest BCUT2D eigenvalue weighted by Crippen LogP contribution is 2.28. The molecule has 136 valence electrons. The standard InChI is InChI=1S/C20H25FO4/c1-15(12-24-14-16-6-4-3-5-7-16)13-25-20(11-22)18-10-17(21)8-9-19(18)23-2/h3-10,15,20,22H,11-14H2,1-2H3. The summed E-state index contributed by atoms with van der Waals surface area (Å²) in [5.41, 5.74) is 1.62. The lowest BCUT2D eigenvalue weighted by Gasteiger charge is -2.21. The topological polar surface area (TPSA) is 47.9 Å². The average molecular weight is 348 g/mol. The van der Waals surface area contributed by atoms with E-state index in [0.29, 0.717) is 31.1 Å². The Morgan fingerprint density at radius 1 is 1.08 bits per heavy atom. The highest BCUT2D eigenvalue weighted by Gasteiger charge is 2.18. The minimum Gasteiger partial charge on any atom is -0.496 e. The maximum atomic E-state index is 13.5. The third-order valence-electron chi connectivity index (χ3n) is 3.80. The highest BCUT2D eigenvalue weighted by atomic mass is 19.1. The van der Waals surface area contributed by atoms with Gasteiger partial charge in [-0.3, -0.25) is 0 Å². The number of hydrogen-bond acceptors (Lipinski definition) is 4. The van der Waals surface area contributed by atoms with Gasteiger partial charge in [-0.05, 0) is 23.8 Å². The zero-order chi connectivity index (χ0) is 18.1. The van der Waals surface area contributed by atoms with E-state index in [-0.39, 0.29) is 12.5 Å².